The van der Waals surface area contributed by atoms with Crippen LogP contribution in [0.4, 0.5) is 17.3 Å². The van der Waals surface area contributed by atoms with Crippen LogP contribution in [0.3, 0.4) is 0 Å². The Kier molecular flexibility index (Phi) is 3.97. The third-order valence-electron chi connectivity index (χ3n) is 3.60. The van der Waals surface area contributed by atoms with Gasteiger partial charge in [-0.1, -0.05) is 6.07 Å². The second-order valence-electron chi connectivity index (χ2n) is 5.13. The van der Waals surface area contributed by atoms with Gasteiger partial charge in [-0.05, 0) is 37.5 Å². The van der Waals surface area contributed by atoms with Crippen molar-refractivity contribution in [3.63, 3.8) is 0 Å². The van der Waals surface area contributed by atoms with Crippen molar-refractivity contribution in [3.05, 3.63) is 42.2 Å². The lowest BCUT2D eigenvalue weighted by Gasteiger charge is -2.27. The Morgan fingerprint density at radius 1 is 1.10 bits per heavy atom. The van der Waals surface area contributed by atoms with Crippen LogP contribution in [0, 0.1) is 11.3 Å². The minimum absolute atomic E-state index is 0.630. The number of nitrogens with zero attached hydrogens (tertiary/aromatic N) is 4. The smallest absolute Gasteiger partial charge is 0.135 e. The minimum Gasteiger partial charge on any atom is -0.356 e. The number of anilines is 3. The van der Waals surface area contributed by atoms with Gasteiger partial charge >= 0.3 is 0 Å². The molecule has 5 nitrogen and oxygen atoms in total. The highest BCUT2D eigenvalue weighted by Gasteiger charge is 2.12. The summed E-state index contributed by atoms with van der Waals surface area (Å²) in [4.78, 5) is 10.9. The summed E-state index contributed by atoms with van der Waals surface area (Å²) < 4.78 is 0. The lowest BCUT2D eigenvalue weighted by Crippen LogP contribution is -2.30. The van der Waals surface area contributed by atoms with Gasteiger partial charge in [-0.25, -0.2) is 9.97 Å². The summed E-state index contributed by atoms with van der Waals surface area (Å²) in [5.74, 6) is 1.71. The molecule has 0 aliphatic carbocycles. The van der Waals surface area contributed by atoms with Crippen molar-refractivity contribution in [3.8, 4) is 6.07 Å². The molecule has 0 radical (unpaired) electrons. The molecular weight excluding hydrogens is 262 g/mol. The Morgan fingerprint density at radius 3 is 2.76 bits per heavy atom. The number of rotatable bonds is 3. The lowest BCUT2D eigenvalue weighted by molar-refractivity contribution is 0.573. The molecule has 1 aliphatic heterocycles. The summed E-state index contributed by atoms with van der Waals surface area (Å²) in [6.45, 7) is 2.11. The Hall–Kier alpha value is -2.61. The van der Waals surface area contributed by atoms with Crippen LogP contribution in [0.1, 0.15) is 24.8 Å². The van der Waals surface area contributed by atoms with E-state index in [1.807, 2.05) is 24.3 Å². The maximum atomic E-state index is 8.93. The molecule has 0 amide bonds. The molecular formula is C16H17N5. The van der Waals surface area contributed by atoms with E-state index < -0.39 is 0 Å². The van der Waals surface area contributed by atoms with Crippen molar-refractivity contribution in [1.82, 2.24) is 9.97 Å². The number of hydrogen-bond donors (Lipinski definition) is 1. The Balaban J connectivity index is 1.77. The topological polar surface area (TPSA) is 64.8 Å². The van der Waals surface area contributed by atoms with E-state index in [0.717, 1.165) is 30.4 Å². The van der Waals surface area contributed by atoms with Gasteiger partial charge < -0.3 is 10.2 Å². The number of nitrogens with one attached hydrogen (secondary N) is 1. The maximum absolute atomic E-state index is 8.93. The third-order valence-corrected chi connectivity index (χ3v) is 3.60. The molecule has 1 aliphatic rings. The van der Waals surface area contributed by atoms with Gasteiger partial charge in [0, 0.05) is 24.8 Å². The molecule has 0 bridgehead atoms. The van der Waals surface area contributed by atoms with Crippen molar-refractivity contribution in [2.75, 3.05) is 23.3 Å². The number of piperidine rings is 1. The average molecular weight is 279 g/mol. The first-order valence-electron chi connectivity index (χ1n) is 7.19. The van der Waals surface area contributed by atoms with E-state index in [9.17, 15) is 0 Å². The Labute approximate surface area is 124 Å². The van der Waals surface area contributed by atoms with E-state index in [0.29, 0.717) is 5.56 Å². The fourth-order valence-electron chi connectivity index (χ4n) is 2.53. The Bertz CT molecular complexity index is 656. The molecule has 0 saturated carbocycles. The molecule has 1 N–H and O–H groups in total. The number of nitriles is 1. The van der Waals surface area contributed by atoms with Crippen LogP contribution in [0.2, 0.25) is 0 Å². The molecule has 0 unspecified atom stereocenters. The first-order valence-corrected chi connectivity index (χ1v) is 7.19. The van der Waals surface area contributed by atoms with Crippen LogP contribution in [-0.2, 0) is 0 Å². The van der Waals surface area contributed by atoms with Crippen LogP contribution < -0.4 is 10.2 Å². The van der Waals surface area contributed by atoms with Crippen LogP contribution in [-0.4, -0.2) is 23.1 Å². The molecule has 0 atom stereocenters. The van der Waals surface area contributed by atoms with Gasteiger partial charge in [0.1, 0.15) is 18.0 Å². The van der Waals surface area contributed by atoms with Crippen molar-refractivity contribution in [2.24, 2.45) is 0 Å². The second kappa shape index (κ2) is 6.23. The summed E-state index contributed by atoms with van der Waals surface area (Å²) in [7, 11) is 0. The van der Waals surface area contributed by atoms with E-state index in [1.165, 1.54) is 19.3 Å². The molecule has 5 heteroatoms. The van der Waals surface area contributed by atoms with Crippen molar-refractivity contribution >= 4 is 17.3 Å². The first-order chi connectivity index (χ1) is 10.3. The highest BCUT2D eigenvalue weighted by molar-refractivity contribution is 5.61. The average Bonchev–Trinajstić information content (AvgIpc) is 2.56. The first kappa shape index (κ1) is 13.4. The summed E-state index contributed by atoms with van der Waals surface area (Å²) in [6, 6.07) is 11.5. The summed E-state index contributed by atoms with van der Waals surface area (Å²) in [5, 5.41) is 12.2. The summed E-state index contributed by atoms with van der Waals surface area (Å²) in [6.07, 6.45) is 5.32. The zero-order chi connectivity index (χ0) is 14.5. The Morgan fingerprint density at radius 2 is 1.95 bits per heavy atom. The quantitative estimate of drug-likeness (QED) is 0.935. The monoisotopic (exact) mass is 279 g/mol. The van der Waals surface area contributed by atoms with Crippen molar-refractivity contribution in [1.29, 1.82) is 5.26 Å². The SMILES string of the molecule is N#Cc1cccc(Nc2cc(N3CCCCC3)ncn2)c1. The minimum atomic E-state index is 0.630. The van der Waals surface area contributed by atoms with Gasteiger partial charge in [0.25, 0.3) is 0 Å². The number of aromatic nitrogens is 2. The second-order valence-corrected chi connectivity index (χ2v) is 5.13. The molecule has 1 saturated heterocycles. The lowest BCUT2D eigenvalue weighted by atomic mass is 10.1. The fraction of sp³-hybridized carbons (Fsp3) is 0.312. The van der Waals surface area contributed by atoms with Gasteiger partial charge in [-0.2, -0.15) is 5.26 Å². The van der Waals surface area contributed by atoms with Gasteiger partial charge in [0.15, 0.2) is 0 Å². The van der Waals surface area contributed by atoms with Crippen LogP contribution in [0.25, 0.3) is 0 Å². The van der Waals surface area contributed by atoms with E-state index in [2.05, 4.69) is 26.3 Å². The highest BCUT2D eigenvalue weighted by atomic mass is 15.2. The van der Waals surface area contributed by atoms with Crippen molar-refractivity contribution in [2.45, 2.75) is 19.3 Å². The summed E-state index contributed by atoms with van der Waals surface area (Å²) in [5.41, 5.74) is 1.49. The third kappa shape index (κ3) is 3.29. The van der Waals surface area contributed by atoms with Crippen LogP contribution in [0.15, 0.2) is 36.7 Å². The molecule has 1 aromatic heterocycles. The zero-order valence-electron chi connectivity index (χ0n) is 11.8. The predicted octanol–water partition coefficient (Wildman–Crippen LogP) is 3.08. The molecule has 3 rings (SSSR count). The molecule has 1 fully saturated rings. The molecule has 1 aromatic carbocycles. The van der Waals surface area contributed by atoms with Crippen LogP contribution in [0.5, 0.6) is 0 Å². The van der Waals surface area contributed by atoms with Gasteiger partial charge in [0.05, 0.1) is 11.6 Å². The highest BCUT2D eigenvalue weighted by Crippen LogP contribution is 2.21. The van der Waals surface area contributed by atoms with E-state index >= 15 is 0 Å². The van der Waals surface area contributed by atoms with E-state index in [-0.39, 0.29) is 0 Å². The largest absolute Gasteiger partial charge is 0.356 e. The van der Waals surface area contributed by atoms with E-state index in [1.54, 1.807) is 12.4 Å². The zero-order valence-corrected chi connectivity index (χ0v) is 11.8. The number of hydrogen-bond acceptors (Lipinski definition) is 5. The molecule has 106 valence electrons. The maximum Gasteiger partial charge on any atom is 0.135 e. The predicted molar refractivity (Wildman–Crippen MR) is 82.5 cm³/mol. The normalized spacial score (nSPS) is 14.5. The van der Waals surface area contributed by atoms with E-state index in [4.69, 9.17) is 5.26 Å². The molecule has 0 spiro atoms. The van der Waals surface area contributed by atoms with Crippen molar-refractivity contribution < 1.29 is 0 Å². The molecule has 2 heterocycles. The standard InChI is InChI=1S/C16H17N5/c17-11-13-5-4-6-14(9-13)20-15-10-16(19-12-18-15)21-7-2-1-3-8-21/h4-6,9-10,12H,1-3,7-8H2,(H,18,19,20). The van der Waals surface area contributed by atoms with Gasteiger partial charge in [-0.3, -0.25) is 0 Å². The molecule has 2 aromatic rings. The van der Waals surface area contributed by atoms with Crippen LogP contribution >= 0.6 is 0 Å². The summed E-state index contributed by atoms with van der Waals surface area (Å²) >= 11 is 0. The molecule has 21 heavy (non-hydrogen) atoms. The van der Waals surface area contributed by atoms with Gasteiger partial charge in [-0.15, -0.1) is 0 Å². The number of benzene rings is 1. The van der Waals surface area contributed by atoms with Gasteiger partial charge in [0.2, 0.25) is 0 Å². The fourth-order valence-corrected chi connectivity index (χ4v) is 2.53.